The highest BCUT2D eigenvalue weighted by atomic mass is 16.5. The molecule has 0 bridgehead atoms. The van der Waals surface area contributed by atoms with Gasteiger partial charge in [0.15, 0.2) is 0 Å². The van der Waals surface area contributed by atoms with Gasteiger partial charge in [-0.2, -0.15) is 0 Å². The minimum atomic E-state index is -1.05. The van der Waals surface area contributed by atoms with Gasteiger partial charge in [-0.05, 0) is 40.0 Å². The second-order valence-corrected chi connectivity index (χ2v) is 5.32. The summed E-state index contributed by atoms with van der Waals surface area (Å²) in [6, 6.07) is 0. The van der Waals surface area contributed by atoms with Crippen molar-refractivity contribution in [3.05, 3.63) is 13.8 Å². The zero-order chi connectivity index (χ0) is 14.2. The highest BCUT2D eigenvalue weighted by molar-refractivity contribution is 6.02. The van der Waals surface area contributed by atoms with Crippen molar-refractivity contribution in [2.75, 3.05) is 6.61 Å². The summed E-state index contributed by atoms with van der Waals surface area (Å²) >= 11 is 0. The number of ketones is 1. The van der Waals surface area contributed by atoms with Crippen LogP contribution in [0.2, 0.25) is 0 Å². The van der Waals surface area contributed by atoms with Gasteiger partial charge in [-0.25, -0.2) is 0 Å². The van der Waals surface area contributed by atoms with Crippen molar-refractivity contribution < 1.29 is 14.3 Å². The molecule has 0 aliphatic heterocycles. The van der Waals surface area contributed by atoms with Crippen LogP contribution in [-0.2, 0) is 14.3 Å². The van der Waals surface area contributed by atoms with Crippen LogP contribution in [0.3, 0.4) is 0 Å². The molecular weight excluding hydrogens is 228 g/mol. The van der Waals surface area contributed by atoms with E-state index in [1.165, 1.54) is 0 Å². The van der Waals surface area contributed by atoms with Crippen LogP contribution in [0.5, 0.6) is 0 Å². The average Bonchev–Trinajstić information content (AvgIpc) is 2.30. The highest BCUT2D eigenvalue weighted by Crippen LogP contribution is 2.22. The van der Waals surface area contributed by atoms with Gasteiger partial charge in [-0.15, -0.1) is 0 Å². The van der Waals surface area contributed by atoms with E-state index < -0.39 is 11.4 Å². The Hall–Kier alpha value is -0.860. The fourth-order valence-electron chi connectivity index (χ4n) is 1.51. The lowest BCUT2D eigenvalue weighted by Gasteiger charge is -2.21. The monoisotopic (exact) mass is 254 g/mol. The van der Waals surface area contributed by atoms with E-state index in [0.717, 1.165) is 25.7 Å². The predicted octanol–water partition coefficient (Wildman–Crippen LogP) is 3.38. The molecule has 0 aliphatic rings. The first-order valence-corrected chi connectivity index (χ1v) is 6.69. The number of hydrogen-bond acceptors (Lipinski definition) is 3. The second-order valence-electron chi connectivity index (χ2n) is 5.32. The lowest BCUT2D eigenvalue weighted by atomic mass is 9.85. The van der Waals surface area contributed by atoms with Gasteiger partial charge in [0, 0.05) is 6.42 Å². The molecule has 18 heavy (non-hydrogen) atoms. The van der Waals surface area contributed by atoms with Crippen molar-refractivity contribution >= 4 is 11.8 Å². The lowest BCUT2D eigenvalue weighted by Crippen LogP contribution is -2.35. The van der Waals surface area contributed by atoms with Crippen LogP contribution < -0.4 is 0 Å². The number of rotatable bonds is 9. The lowest BCUT2D eigenvalue weighted by molar-refractivity contribution is -0.158. The molecule has 0 aromatic carbocycles. The molecule has 0 saturated carbocycles. The first kappa shape index (κ1) is 17.1. The minimum absolute atomic E-state index is 0.0479. The zero-order valence-corrected chi connectivity index (χ0v) is 12.0. The summed E-state index contributed by atoms with van der Waals surface area (Å²) in [5, 5.41) is 0. The van der Waals surface area contributed by atoms with Gasteiger partial charge in [-0.3, -0.25) is 9.59 Å². The Morgan fingerprint density at radius 3 is 2.28 bits per heavy atom. The number of carbonyl (C=O) groups is 2. The molecular formula is C15H26O3. The molecule has 0 spiro atoms. The maximum atomic E-state index is 12.0. The number of unbranched alkanes of at least 4 members (excludes halogenated alkanes) is 3. The van der Waals surface area contributed by atoms with Gasteiger partial charge >= 0.3 is 5.97 Å². The Morgan fingerprint density at radius 1 is 1.17 bits per heavy atom. The molecule has 0 unspecified atom stereocenters. The SMILES string of the molecule is [CH2]C([CH2])COC(=O)C(C)(C)C(=O)CCCCCC. The molecule has 0 amide bonds. The van der Waals surface area contributed by atoms with Crippen molar-refractivity contribution in [2.45, 2.75) is 52.9 Å². The quantitative estimate of drug-likeness (QED) is 0.360. The Bertz CT molecular complexity index is 267. The summed E-state index contributed by atoms with van der Waals surface area (Å²) in [5.74, 6) is -0.724. The highest BCUT2D eigenvalue weighted by Gasteiger charge is 2.36. The summed E-state index contributed by atoms with van der Waals surface area (Å²) in [7, 11) is 0. The fraction of sp³-hybridized carbons (Fsp3) is 0.733. The first-order valence-electron chi connectivity index (χ1n) is 6.69. The molecule has 104 valence electrons. The molecule has 0 rings (SSSR count). The molecule has 0 fully saturated rings. The van der Waals surface area contributed by atoms with E-state index >= 15 is 0 Å². The fourth-order valence-corrected chi connectivity index (χ4v) is 1.51. The normalized spacial score (nSPS) is 11.7. The van der Waals surface area contributed by atoms with Gasteiger partial charge < -0.3 is 4.74 Å². The third-order valence-corrected chi connectivity index (χ3v) is 2.91. The Morgan fingerprint density at radius 2 is 1.78 bits per heavy atom. The molecule has 3 nitrogen and oxygen atoms in total. The van der Waals surface area contributed by atoms with Crippen molar-refractivity contribution in [3.8, 4) is 0 Å². The molecule has 0 heterocycles. The minimum Gasteiger partial charge on any atom is -0.465 e. The molecule has 0 N–H and O–H groups in total. The predicted molar refractivity (Wildman–Crippen MR) is 72.7 cm³/mol. The third-order valence-electron chi connectivity index (χ3n) is 2.91. The number of esters is 1. The Labute approximate surface area is 111 Å². The van der Waals surface area contributed by atoms with E-state index in [1.54, 1.807) is 13.8 Å². The summed E-state index contributed by atoms with van der Waals surface area (Å²) in [4.78, 5) is 23.8. The van der Waals surface area contributed by atoms with Crippen molar-refractivity contribution in [2.24, 2.45) is 11.3 Å². The van der Waals surface area contributed by atoms with Crippen LogP contribution in [0.25, 0.3) is 0 Å². The standard InChI is InChI=1S/C15H26O3/c1-6-7-8-9-10-13(16)15(4,5)14(17)18-11-12(2)3/h12H,2-3,6-11H2,1,4-5H3. The van der Waals surface area contributed by atoms with Crippen molar-refractivity contribution in [1.82, 2.24) is 0 Å². The van der Waals surface area contributed by atoms with Crippen LogP contribution in [0, 0.1) is 25.2 Å². The smallest absolute Gasteiger partial charge is 0.319 e. The summed E-state index contributed by atoms with van der Waals surface area (Å²) in [6.07, 6.45) is 4.58. The number of Topliss-reactive ketones (excluding diaryl/α,β-unsaturated/α-hetero) is 1. The molecule has 0 atom stereocenters. The summed E-state index contributed by atoms with van der Waals surface area (Å²) in [6.45, 7) is 12.8. The number of ether oxygens (including phenoxy) is 1. The van der Waals surface area contributed by atoms with Crippen LogP contribution in [-0.4, -0.2) is 18.4 Å². The Balaban J connectivity index is 4.16. The zero-order valence-electron chi connectivity index (χ0n) is 12.0. The molecule has 3 heteroatoms. The largest absolute Gasteiger partial charge is 0.465 e. The van der Waals surface area contributed by atoms with E-state index in [2.05, 4.69) is 20.8 Å². The topological polar surface area (TPSA) is 43.4 Å². The van der Waals surface area contributed by atoms with Crippen molar-refractivity contribution in [1.29, 1.82) is 0 Å². The summed E-state index contributed by atoms with van der Waals surface area (Å²) < 4.78 is 5.03. The van der Waals surface area contributed by atoms with E-state index in [1.807, 2.05) is 0 Å². The molecule has 0 aliphatic carbocycles. The van der Waals surface area contributed by atoms with Crippen LogP contribution in [0.4, 0.5) is 0 Å². The van der Waals surface area contributed by atoms with E-state index in [4.69, 9.17) is 4.74 Å². The maximum Gasteiger partial charge on any atom is 0.319 e. The molecule has 2 radical (unpaired) electrons. The van der Waals surface area contributed by atoms with E-state index in [-0.39, 0.29) is 18.3 Å². The Kier molecular flexibility index (Phi) is 7.88. The van der Waals surface area contributed by atoms with Gasteiger partial charge in [0.05, 0.1) is 6.61 Å². The summed E-state index contributed by atoms with van der Waals surface area (Å²) in [5.41, 5.74) is -1.05. The van der Waals surface area contributed by atoms with Gasteiger partial charge in [-0.1, -0.05) is 26.2 Å². The van der Waals surface area contributed by atoms with Crippen LogP contribution >= 0.6 is 0 Å². The first-order chi connectivity index (χ1) is 8.32. The maximum absolute atomic E-state index is 12.0. The van der Waals surface area contributed by atoms with E-state index in [9.17, 15) is 9.59 Å². The van der Waals surface area contributed by atoms with Crippen LogP contribution in [0.1, 0.15) is 52.9 Å². The molecule has 0 saturated heterocycles. The average molecular weight is 254 g/mol. The van der Waals surface area contributed by atoms with Crippen LogP contribution in [0.15, 0.2) is 0 Å². The number of carbonyl (C=O) groups excluding carboxylic acids is 2. The number of hydrogen-bond donors (Lipinski definition) is 0. The molecule has 0 aromatic rings. The third kappa shape index (κ3) is 6.18. The van der Waals surface area contributed by atoms with Gasteiger partial charge in [0.2, 0.25) is 0 Å². The molecule has 0 aromatic heterocycles. The van der Waals surface area contributed by atoms with Gasteiger partial charge in [0.1, 0.15) is 11.2 Å². The van der Waals surface area contributed by atoms with Gasteiger partial charge in [0.25, 0.3) is 0 Å². The van der Waals surface area contributed by atoms with Crippen molar-refractivity contribution in [3.63, 3.8) is 0 Å². The second kappa shape index (κ2) is 8.28. The van der Waals surface area contributed by atoms with E-state index in [0.29, 0.717) is 6.42 Å².